The van der Waals surface area contributed by atoms with Gasteiger partial charge in [0.2, 0.25) is 0 Å². The molecule has 0 N–H and O–H groups in total. The molecule has 4 rings (SSSR count). The first-order chi connectivity index (χ1) is 14.3. The highest BCUT2D eigenvalue weighted by molar-refractivity contribution is 5.89. The van der Waals surface area contributed by atoms with Crippen molar-refractivity contribution in [2.24, 2.45) is 0 Å². The molecule has 0 saturated heterocycles. The van der Waals surface area contributed by atoms with Crippen LogP contribution in [-0.4, -0.2) is 31.9 Å². The van der Waals surface area contributed by atoms with Crippen LogP contribution in [0.15, 0.2) is 24.4 Å². The average Bonchev–Trinajstić information content (AvgIpc) is 3.20. The minimum atomic E-state index is 0.266. The summed E-state index contributed by atoms with van der Waals surface area (Å²) in [6, 6.07) is 6.64. The van der Waals surface area contributed by atoms with Gasteiger partial charge in [-0.3, -0.25) is 0 Å². The smallest absolute Gasteiger partial charge is 0.165 e. The molecule has 0 bridgehead atoms. The van der Waals surface area contributed by atoms with E-state index in [2.05, 4.69) is 77.4 Å². The molecule has 4 aromatic rings. The molecule has 0 aliphatic heterocycles. The van der Waals surface area contributed by atoms with Crippen molar-refractivity contribution in [3.05, 3.63) is 52.5 Å². The molecule has 5 heteroatoms. The van der Waals surface area contributed by atoms with Crippen molar-refractivity contribution < 1.29 is 4.74 Å². The molecule has 5 nitrogen and oxygen atoms in total. The van der Waals surface area contributed by atoms with Crippen LogP contribution in [0.25, 0.3) is 27.8 Å². The summed E-state index contributed by atoms with van der Waals surface area (Å²) in [6.07, 6.45) is 3.38. The summed E-state index contributed by atoms with van der Waals surface area (Å²) >= 11 is 0. The Morgan fingerprint density at radius 2 is 1.67 bits per heavy atom. The lowest BCUT2D eigenvalue weighted by Crippen LogP contribution is -2.08. The van der Waals surface area contributed by atoms with E-state index in [0.29, 0.717) is 0 Å². The fraction of sp³-hybridized carbons (Fsp3) is 0.440. The van der Waals surface area contributed by atoms with Gasteiger partial charge in [-0.05, 0) is 77.6 Å². The standard InChI is InChI=1S/C25H32N4O/c1-15(2)30-12-8-10-28-11-9-21-19(6)26-24-23(20(7)27-29(24)25(21)28)22-17(4)13-16(3)14-18(22)5/h9,11,13-15H,8,10,12H2,1-7H3. The van der Waals surface area contributed by atoms with Gasteiger partial charge in [0.25, 0.3) is 0 Å². The van der Waals surface area contributed by atoms with E-state index >= 15 is 0 Å². The van der Waals surface area contributed by atoms with Crippen molar-refractivity contribution in [2.45, 2.75) is 67.5 Å². The normalized spacial score (nSPS) is 12.0. The van der Waals surface area contributed by atoms with Crippen LogP contribution < -0.4 is 0 Å². The van der Waals surface area contributed by atoms with Gasteiger partial charge in [0.05, 0.1) is 23.1 Å². The molecule has 0 saturated carbocycles. The van der Waals surface area contributed by atoms with Gasteiger partial charge in [-0.2, -0.15) is 9.61 Å². The first-order valence-corrected chi connectivity index (χ1v) is 10.8. The Morgan fingerprint density at radius 1 is 0.967 bits per heavy atom. The molecule has 0 amide bonds. The van der Waals surface area contributed by atoms with E-state index in [4.69, 9.17) is 14.8 Å². The van der Waals surface area contributed by atoms with Crippen LogP contribution >= 0.6 is 0 Å². The molecule has 3 heterocycles. The van der Waals surface area contributed by atoms with Crippen LogP contribution in [0.1, 0.15) is 48.3 Å². The molecule has 1 aromatic carbocycles. The van der Waals surface area contributed by atoms with Crippen LogP contribution in [0.2, 0.25) is 0 Å². The third kappa shape index (κ3) is 3.52. The Balaban J connectivity index is 1.88. The predicted octanol–water partition coefficient (Wildman–Crippen LogP) is 5.71. The van der Waals surface area contributed by atoms with E-state index < -0.39 is 0 Å². The van der Waals surface area contributed by atoms with Crippen molar-refractivity contribution in [3.63, 3.8) is 0 Å². The number of rotatable bonds is 6. The van der Waals surface area contributed by atoms with E-state index in [-0.39, 0.29) is 6.10 Å². The number of aromatic nitrogens is 4. The van der Waals surface area contributed by atoms with Gasteiger partial charge in [0, 0.05) is 24.7 Å². The second-order valence-corrected chi connectivity index (χ2v) is 8.69. The summed E-state index contributed by atoms with van der Waals surface area (Å²) in [4.78, 5) is 5.00. The number of ether oxygens (including phenoxy) is 1. The summed E-state index contributed by atoms with van der Waals surface area (Å²) in [5.41, 5.74) is 10.3. The molecule has 0 spiro atoms. The summed E-state index contributed by atoms with van der Waals surface area (Å²) in [5.74, 6) is 0. The van der Waals surface area contributed by atoms with Crippen molar-refractivity contribution in [2.75, 3.05) is 6.61 Å². The molecular formula is C25H32N4O. The minimum absolute atomic E-state index is 0.266. The minimum Gasteiger partial charge on any atom is -0.379 e. The second-order valence-electron chi connectivity index (χ2n) is 8.69. The van der Waals surface area contributed by atoms with Gasteiger partial charge in [0.1, 0.15) is 5.65 Å². The zero-order chi connectivity index (χ0) is 21.6. The lowest BCUT2D eigenvalue weighted by Gasteiger charge is -2.12. The SMILES string of the molecule is Cc1cc(C)c(-c2c(C)nn3c2nc(C)c2ccn(CCCOC(C)C)c23)c(C)c1. The lowest BCUT2D eigenvalue weighted by molar-refractivity contribution is 0.0750. The van der Waals surface area contributed by atoms with E-state index in [1.807, 2.05) is 4.52 Å². The Morgan fingerprint density at radius 3 is 2.33 bits per heavy atom. The number of nitrogens with zero attached hydrogens (tertiary/aromatic N) is 4. The first kappa shape index (κ1) is 20.6. The van der Waals surface area contributed by atoms with Crippen LogP contribution in [0, 0.1) is 34.6 Å². The molecule has 3 aromatic heterocycles. The van der Waals surface area contributed by atoms with E-state index in [1.54, 1.807) is 0 Å². The van der Waals surface area contributed by atoms with Gasteiger partial charge >= 0.3 is 0 Å². The number of aryl methyl sites for hydroxylation is 6. The molecule has 0 aliphatic rings. The van der Waals surface area contributed by atoms with Gasteiger partial charge in [0.15, 0.2) is 5.65 Å². The van der Waals surface area contributed by atoms with Crippen LogP contribution in [-0.2, 0) is 11.3 Å². The highest BCUT2D eigenvalue weighted by Crippen LogP contribution is 2.35. The lowest BCUT2D eigenvalue weighted by atomic mass is 9.94. The molecule has 0 unspecified atom stereocenters. The molecule has 30 heavy (non-hydrogen) atoms. The third-order valence-electron chi connectivity index (χ3n) is 5.76. The summed E-state index contributed by atoms with van der Waals surface area (Å²) in [7, 11) is 0. The van der Waals surface area contributed by atoms with Crippen LogP contribution in [0.3, 0.4) is 0 Å². The third-order valence-corrected chi connectivity index (χ3v) is 5.76. The zero-order valence-electron chi connectivity index (χ0n) is 19.2. The van der Waals surface area contributed by atoms with Crippen LogP contribution in [0.5, 0.6) is 0 Å². The molecular weight excluding hydrogens is 372 g/mol. The van der Waals surface area contributed by atoms with Gasteiger partial charge in [-0.25, -0.2) is 4.98 Å². The van der Waals surface area contributed by atoms with Gasteiger partial charge < -0.3 is 9.30 Å². The monoisotopic (exact) mass is 404 g/mol. The topological polar surface area (TPSA) is 44.4 Å². The largest absolute Gasteiger partial charge is 0.379 e. The molecule has 0 fully saturated rings. The zero-order valence-corrected chi connectivity index (χ0v) is 19.2. The Kier molecular flexibility index (Phi) is 5.41. The Labute approximate surface area is 178 Å². The molecule has 0 aliphatic carbocycles. The fourth-order valence-corrected chi connectivity index (χ4v) is 4.57. The van der Waals surface area contributed by atoms with Gasteiger partial charge in [-0.15, -0.1) is 0 Å². The van der Waals surface area contributed by atoms with E-state index in [9.17, 15) is 0 Å². The molecule has 0 radical (unpaired) electrons. The number of fused-ring (bicyclic) bond motifs is 3. The van der Waals surface area contributed by atoms with Crippen LogP contribution in [0.4, 0.5) is 0 Å². The number of hydrogen-bond donors (Lipinski definition) is 0. The van der Waals surface area contributed by atoms with E-state index in [0.717, 1.165) is 53.2 Å². The second kappa shape index (κ2) is 7.88. The maximum atomic E-state index is 5.73. The molecule has 158 valence electrons. The Bertz CT molecular complexity index is 1210. The number of benzene rings is 1. The van der Waals surface area contributed by atoms with Gasteiger partial charge in [-0.1, -0.05) is 17.7 Å². The number of hydrogen-bond acceptors (Lipinski definition) is 3. The highest BCUT2D eigenvalue weighted by Gasteiger charge is 2.21. The van der Waals surface area contributed by atoms with E-state index in [1.165, 1.54) is 22.3 Å². The summed E-state index contributed by atoms with van der Waals surface area (Å²) in [6.45, 7) is 16.5. The van der Waals surface area contributed by atoms with Crippen molar-refractivity contribution in [1.82, 2.24) is 19.2 Å². The first-order valence-electron chi connectivity index (χ1n) is 10.8. The fourth-order valence-electron chi connectivity index (χ4n) is 4.57. The summed E-state index contributed by atoms with van der Waals surface area (Å²) < 4.78 is 10.1. The highest BCUT2D eigenvalue weighted by atomic mass is 16.5. The maximum absolute atomic E-state index is 5.73. The van der Waals surface area contributed by atoms with Crippen molar-refractivity contribution >= 4 is 16.7 Å². The quantitative estimate of drug-likeness (QED) is 0.387. The average molecular weight is 405 g/mol. The Hall–Kier alpha value is -2.66. The predicted molar refractivity (Wildman–Crippen MR) is 123 cm³/mol. The van der Waals surface area contributed by atoms with Crippen molar-refractivity contribution in [3.8, 4) is 11.1 Å². The molecule has 0 atom stereocenters. The van der Waals surface area contributed by atoms with Crippen molar-refractivity contribution in [1.29, 1.82) is 0 Å². The maximum Gasteiger partial charge on any atom is 0.165 e. The summed E-state index contributed by atoms with van der Waals surface area (Å²) in [5, 5.41) is 6.11.